The Kier molecular flexibility index (Phi) is 14.2. The third kappa shape index (κ3) is 9.50. The number of rotatable bonds is 18. The molecule has 6 amide bonds. The summed E-state index contributed by atoms with van der Waals surface area (Å²) in [6.45, 7) is 7.48. The van der Waals surface area contributed by atoms with Gasteiger partial charge in [0.1, 0.15) is 11.5 Å². The van der Waals surface area contributed by atoms with Gasteiger partial charge in [-0.3, -0.25) is 39.4 Å². The lowest BCUT2D eigenvalue weighted by atomic mass is 9.60. The zero-order valence-electron chi connectivity index (χ0n) is 36.8. The number of nitrogens with one attached hydrogen (secondary N) is 6. The number of fused-ring (bicyclic) bond motifs is 3. The van der Waals surface area contributed by atoms with Crippen LogP contribution in [0.5, 0.6) is 0 Å². The highest BCUT2D eigenvalue weighted by Gasteiger charge is 2.69. The molecule has 3 fully saturated rings. The van der Waals surface area contributed by atoms with E-state index in [1.54, 1.807) is 24.3 Å². The number of anilines is 2. The molecule has 4 heterocycles. The largest absolute Gasteiger partial charge is 0.382 e. The van der Waals surface area contributed by atoms with Crippen molar-refractivity contribution < 1.29 is 43.0 Å². The molecule has 1 unspecified atom stereocenters. The number of hydrogen-bond donors (Lipinski definition) is 6. The molecule has 3 aromatic carbocycles. The molecule has 17 heteroatoms. The monoisotopic (exact) mass is 911 g/mol. The second-order valence-electron chi connectivity index (χ2n) is 17.9. The van der Waals surface area contributed by atoms with Crippen LogP contribution in [-0.2, 0) is 50.1 Å². The summed E-state index contributed by atoms with van der Waals surface area (Å²) in [5, 5.41) is 19.1. The summed E-state index contributed by atoms with van der Waals surface area (Å²) < 4.78 is 17.0. The van der Waals surface area contributed by atoms with Gasteiger partial charge in [-0.25, -0.2) is 0 Å². The summed E-state index contributed by atoms with van der Waals surface area (Å²) in [5.41, 5.74) is 2.71. The zero-order chi connectivity index (χ0) is 45.7. The smallest absolute Gasteiger partial charge is 0.255 e. The van der Waals surface area contributed by atoms with Crippen molar-refractivity contribution in [3.8, 4) is 0 Å². The first-order chi connectivity index (χ1) is 31.4. The van der Waals surface area contributed by atoms with Crippen LogP contribution < -0.4 is 31.9 Å². The van der Waals surface area contributed by atoms with Crippen LogP contribution in [-0.4, -0.2) is 117 Å². The average Bonchev–Trinajstić information content (AvgIpc) is 3.88. The van der Waals surface area contributed by atoms with Gasteiger partial charge in [0.15, 0.2) is 0 Å². The molecule has 3 aromatic rings. The van der Waals surface area contributed by atoms with E-state index in [-0.39, 0.29) is 47.9 Å². The summed E-state index contributed by atoms with van der Waals surface area (Å²) in [6.07, 6.45) is 3.16. The van der Waals surface area contributed by atoms with E-state index < -0.39 is 34.9 Å². The first-order valence-corrected chi connectivity index (χ1v) is 23.0. The SMILES string of the molecule is CC1(C)N[C@@H](C(=O)N[C@H]2CC[C@H](C(=O)NCCOCCOCCOCCNc3cccc4c3CN(C3CCC(=O)NC3=O)C4=O)CC2)[C@H](c2ccccc2)[C@]12C(=O)Nc1cc(Cl)ccc12. The Morgan fingerprint density at radius 2 is 1.51 bits per heavy atom. The van der Waals surface area contributed by atoms with E-state index in [1.807, 2.05) is 56.3 Å². The molecule has 1 aliphatic carbocycles. The number of benzene rings is 3. The fourth-order valence-corrected chi connectivity index (χ4v) is 10.7. The first-order valence-electron chi connectivity index (χ1n) is 22.6. The topological polar surface area (TPSA) is 206 Å². The Balaban J connectivity index is 0.691. The lowest BCUT2D eigenvalue weighted by molar-refractivity contribution is -0.137. The number of halogens is 1. The molecule has 16 nitrogen and oxygen atoms in total. The fourth-order valence-electron chi connectivity index (χ4n) is 10.5. The van der Waals surface area contributed by atoms with Gasteiger partial charge in [-0.2, -0.15) is 0 Å². The van der Waals surface area contributed by atoms with Crippen molar-refractivity contribution in [1.82, 2.24) is 26.2 Å². The van der Waals surface area contributed by atoms with E-state index in [9.17, 15) is 28.8 Å². The lowest BCUT2D eigenvalue weighted by Gasteiger charge is -2.40. The van der Waals surface area contributed by atoms with Gasteiger partial charge in [0, 0.05) is 77.0 Å². The number of piperidine rings is 1. The molecule has 0 radical (unpaired) electrons. The maximum atomic E-state index is 14.2. The van der Waals surface area contributed by atoms with Crippen LogP contribution in [0.25, 0.3) is 0 Å². The van der Waals surface area contributed by atoms with Gasteiger partial charge < -0.3 is 40.4 Å². The third-order valence-electron chi connectivity index (χ3n) is 13.6. The maximum absolute atomic E-state index is 14.2. The molecule has 4 atom stereocenters. The molecule has 4 aliphatic heterocycles. The van der Waals surface area contributed by atoms with Gasteiger partial charge in [-0.1, -0.05) is 54.1 Å². The van der Waals surface area contributed by atoms with Crippen molar-refractivity contribution in [2.75, 3.05) is 63.4 Å². The summed E-state index contributed by atoms with van der Waals surface area (Å²) in [6, 6.07) is 19.2. The van der Waals surface area contributed by atoms with Crippen LogP contribution in [0.1, 0.15) is 85.3 Å². The standard InChI is InChI=1S/C48H58ClN7O9/c1-47(2)48(35-16-13-31(49)27-37(35)53-46(48)62)40(29-7-4-3-5-8-29)41(55-47)44(60)52-32-14-11-30(12-15-32)42(58)51-20-22-64-24-26-65-25-23-63-21-19-50-36-10-6-9-33-34(36)28-56(45(33)61)38-17-18-39(57)54-43(38)59/h3-10,13,16,27,30,32,38,40-41,50,55H,11-12,14-15,17-26,28H2,1-2H3,(H,51,58)(H,52,60)(H,53,62)(H,54,57,59)/t30-,32-,38?,40-,41+,48+/m0/s1. The summed E-state index contributed by atoms with van der Waals surface area (Å²) >= 11 is 6.33. The van der Waals surface area contributed by atoms with Gasteiger partial charge in [0.2, 0.25) is 29.5 Å². The molecular weight excluding hydrogens is 854 g/mol. The lowest BCUT2D eigenvalue weighted by Crippen LogP contribution is -2.55. The number of nitrogens with zero attached hydrogens (tertiary/aromatic N) is 1. The number of ether oxygens (including phenoxy) is 3. The van der Waals surface area contributed by atoms with E-state index in [4.69, 9.17) is 25.8 Å². The third-order valence-corrected chi connectivity index (χ3v) is 13.9. The molecule has 1 saturated carbocycles. The van der Waals surface area contributed by atoms with E-state index in [2.05, 4.69) is 31.9 Å². The number of carbonyl (C=O) groups is 6. The van der Waals surface area contributed by atoms with Crippen LogP contribution in [0.3, 0.4) is 0 Å². The van der Waals surface area contributed by atoms with Gasteiger partial charge in [0.25, 0.3) is 5.91 Å². The zero-order valence-corrected chi connectivity index (χ0v) is 37.6. The molecule has 0 bridgehead atoms. The number of imide groups is 1. The van der Waals surface area contributed by atoms with Gasteiger partial charge >= 0.3 is 0 Å². The molecule has 65 heavy (non-hydrogen) atoms. The highest BCUT2D eigenvalue weighted by atomic mass is 35.5. The van der Waals surface area contributed by atoms with Crippen LogP contribution >= 0.6 is 11.6 Å². The Morgan fingerprint density at radius 3 is 2.23 bits per heavy atom. The van der Waals surface area contributed by atoms with Crippen LogP contribution in [0, 0.1) is 5.92 Å². The van der Waals surface area contributed by atoms with E-state index in [0.29, 0.717) is 108 Å². The second kappa shape index (κ2) is 20.0. The molecular formula is C48H58ClN7O9. The molecule has 346 valence electrons. The van der Waals surface area contributed by atoms with Crippen molar-refractivity contribution >= 4 is 58.4 Å². The molecule has 5 aliphatic rings. The highest BCUT2D eigenvalue weighted by molar-refractivity contribution is 6.31. The minimum Gasteiger partial charge on any atom is -0.382 e. The van der Waals surface area contributed by atoms with Crippen molar-refractivity contribution in [3.63, 3.8) is 0 Å². The fraction of sp³-hybridized carbons (Fsp3) is 0.500. The highest BCUT2D eigenvalue weighted by Crippen LogP contribution is 2.58. The molecule has 8 rings (SSSR count). The minimum absolute atomic E-state index is 0.0168. The number of carbonyl (C=O) groups excluding carboxylic acids is 6. The van der Waals surface area contributed by atoms with E-state index >= 15 is 0 Å². The van der Waals surface area contributed by atoms with Crippen molar-refractivity contribution in [1.29, 1.82) is 0 Å². The number of hydrogen-bond acceptors (Lipinski definition) is 11. The normalized spacial score (nSPS) is 25.5. The van der Waals surface area contributed by atoms with Crippen molar-refractivity contribution in [2.24, 2.45) is 5.92 Å². The summed E-state index contributed by atoms with van der Waals surface area (Å²) in [4.78, 5) is 79.9. The molecule has 6 N–H and O–H groups in total. The van der Waals surface area contributed by atoms with E-state index in [0.717, 1.165) is 22.4 Å². The summed E-state index contributed by atoms with van der Waals surface area (Å²) in [5.74, 6) is -1.95. The minimum atomic E-state index is -1.07. The Bertz CT molecular complexity index is 2290. The van der Waals surface area contributed by atoms with Crippen molar-refractivity contribution in [3.05, 3.63) is 94.0 Å². The Morgan fingerprint density at radius 1 is 0.800 bits per heavy atom. The Labute approximate surface area is 383 Å². The maximum Gasteiger partial charge on any atom is 0.255 e. The summed E-state index contributed by atoms with van der Waals surface area (Å²) in [7, 11) is 0. The molecule has 0 aromatic heterocycles. The number of amides is 6. The Hall–Kier alpha value is -5.39. The van der Waals surface area contributed by atoms with Crippen LogP contribution in [0.4, 0.5) is 11.4 Å². The van der Waals surface area contributed by atoms with Gasteiger partial charge in [-0.05, 0) is 81.3 Å². The first kappa shape index (κ1) is 46.2. The van der Waals surface area contributed by atoms with Crippen LogP contribution in [0.15, 0.2) is 66.7 Å². The predicted octanol–water partition coefficient (Wildman–Crippen LogP) is 3.78. The quantitative estimate of drug-likeness (QED) is 0.0801. The van der Waals surface area contributed by atoms with E-state index in [1.165, 1.54) is 4.90 Å². The second-order valence-corrected chi connectivity index (χ2v) is 18.4. The van der Waals surface area contributed by atoms with Crippen LogP contribution in [0.2, 0.25) is 5.02 Å². The average molecular weight is 912 g/mol. The predicted molar refractivity (Wildman–Crippen MR) is 242 cm³/mol. The van der Waals surface area contributed by atoms with Crippen molar-refractivity contribution in [2.45, 2.75) is 93.9 Å². The van der Waals surface area contributed by atoms with Gasteiger partial charge in [0.05, 0.1) is 45.7 Å². The van der Waals surface area contributed by atoms with Gasteiger partial charge in [-0.15, -0.1) is 0 Å². The molecule has 1 spiro atoms. The molecule has 2 saturated heterocycles.